The number of ether oxygens (including phenoxy) is 2. The summed E-state index contributed by atoms with van der Waals surface area (Å²) in [4.78, 5) is 12.3. The van der Waals surface area contributed by atoms with E-state index in [0.29, 0.717) is 12.8 Å². The molecule has 0 aliphatic carbocycles. The predicted molar refractivity (Wildman–Crippen MR) is 87.6 cm³/mol. The van der Waals surface area contributed by atoms with Crippen LogP contribution in [0.5, 0.6) is 11.5 Å². The highest BCUT2D eigenvalue weighted by Crippen LogP contribution is 2.40. The largest absolute Gasteiger partial charge is 0.504 e. The number of aromatic hydroxyl groups is 1. The van der Waals surface area contributed by atoms with E-state index in [4.69, 9.17) is 9.47 Å². The highest BCUT2D eigenvalue weighted by molar-refractivity contribution is 5.75. The molecular formula is C18H25F3O4. The molecule has 142 valence electrons. The summed E-state index contributed by atoms with van der Waals surface area (Å²) in [6.07, 6.45) is -3.76. The smallest absolute Gasteiger partial charge is 0.416 e. The molecule has 1 rings (SSSR count). The van der Waals surface area contributed by atoms with Crippen molar-refractivity contribution in [3.8, 4) is 11.5 Å². The molecule has 0 saturated carbocycles. The fourth-order valence-electron chi connectivity index (χ4n) is 2.21. The monoisotopic (exact) mass is 362 g/mol. The van der Waals surface area contributed by atoms with E-state index in [0.717, 1.165) is 25.5 Å². The first-order valence-electron chi connectivity index (χ1n) is 8.16. The lowest BCUT2D eigenvalue weighted by atomic mass is 10.1. The van der Waals surface area contributed by atoms with Gasteiger partial charge in [-0.1, -0.05) is 13.3 Å². The van der Waals surface area contributed by atoms with E-state index in [1.807, 2.05) is 6.92 Å². The van der Waals surface area contributed by atoms with Crippen LogP contribution in [0.15, 0.2) is 12.1 Å². The molecule has 0 bridgehead atoms. The van der Waals surface area contributed by atoms with E-state index in [1.54, 1.807) is 20.8 Å². The van der Waals surface area contributed by atoms with Gasteiger partial charge in [0.1, 0.15) is 5.60 Å². The van der Waals surface area contributed by atoms with Gasteiger partial charge in [0.05, 0.1) is 5.56 Å². The van der Waals surface area contributed by atoms with E-state index < -0.39 is 35.2 Å². The van der Waals surface area contributed by atoms with Crippen LogP contribution >= 0.6 is 0 Å². The summed E-state index contributed by atoms with van der Waals surface area (Å²) in [6.45, 7) is 8.22. The number of hydrogen-bond acceptors (Lipinski definition) is 4. The molecule has 1 N–H and O–H groups in total. The summed E-state index contributed by atoms with van der Waals surface area (Å²) < 4.78 is 49.4. The summed E-state index contributed by atoms with van der Waals surface area (Å²) in [6, 6.07) is 1.85. The van der Waals surface area contributed by atoms with E-state index >= 15 is 0 Å². The van der Waals surface area contributed by atoms with Gasteiger partial charge in [-0.05, 0) is 52.7 Å². The summed E-state index contributed by atoms with van der Waals surface area (Å²) in [5.74, 6) is -1.41. The zero-order valence-electron chi connectivity index (χ0n) is 15.2. The molecule has 0 saturated heterocycles. The molecular weight excluding hydrogens is 337 g/mol. The van der Waals surface area contributed by atoms with Crippen LogP contribution in [0.4, 0.5) is 13.2 Å². The molecule has 7 heteroatoms. The molecule has 0 fully saturated rings. The van der Waals surface area contributed by atoms with E-state index in [1.165, 1.54) is 0 Å². The molecule has 0 heterocycles. The van der Waals surface area contributed by atoms with Crippen molar-refractivity contribution in [3.63, 3.8) is 0 Å². The third-order valence-electron chi connectivity index (χ3n) is 3.46. The van der Waals surface area contributed by atoms with Gasteiger partial charge in [-0.25, -0.2) is 4.79 Å². The van der Waals surface area contributed by atoms with E-state index in [-0.39, 0.29) is 11.3 Å². The second-order valence-corrected chi connectivity index (χ2v) is 6.86. The average molecular weight is 362 g/mol. The number of esters is 1. The van der Waals surface area contributed by atoms with Crippen LogP contribution in [-0.2, 0) is 15.7 Å². The fourth-order valence-corrected chi connectivity index (χ4v) is 2.21. The molecule has 1 unspecified atom stereocenters. The van der Waals surface area contributed by atoms with Crippen LogP contribution in [0.3, 0.4) is 0 Å². The van der Waals surface area contributed by atoms with Crippen LogP contribution in [-0.4, -0.2) is 22.8 Å². The van der Waals surface area contributed by atoms with Crippen molar-refractivity contribution in [1.29, 1.82) is 0 Å². The van der Waals surface area contributed by atoms with Crippen LogP contribution in [0.2, 0.25) is 0 Å². The second kappa shape index (κ2) is 7.97. The van der Waals surface area contributed by atoms with Gasteiger partial charge in [0, 0.05) is 5.56 Å². The minimum atomic E-state index is -4.58. The Morgan fingerprint density at radius 1 is 1.24 bits per heavy atom. The molecule has 0 radical (unpaired) electrons. The van der Waals surface area contributed by atoms with Gasteiger partial charge in [-0.2, -0.15) is 13.2 Å². The fraction of sp³-hybridized carbons (Fsp3) is 0.611. The Morgan fingerprint density at radius 3 is 2.32 bits per heavy atom. The number of carbonyl (C=O) groups excluding carboxylic acids is 1. The van der Waals surface area contributed by atoms with Crippen molar-refractivity contribution in [1.82, 2.24) is 0 Å². The molecule has 0 amide bonds. The quantitative estimate of drug-likeness (QED) is 0.724. The first kappa shape index (κ1) is 21.1. The molecule has 0 aliphatic rings. The minimum absolute atomic E-state index is 0.169. The van der Waals surface area contributed by atoms with Gasteiger partial charge in [0.2, 0.25) is 0 Å². The van der Waals surface area contributed by atoms with Crippen molar-refractivity contribution in [2.75, 3.05) is 0 Å². The molecule has 0 aliphatic heterocycles. The third-order valence-corrected chi connectivity index (χ3v) is 3.46. The number of halogens is 3. The van der Waals surface area contributed by atoms with Crippen LogP contribution < -0.4 is 4.74 Å². The number of benzene rings is 1. The number of phenols is 1. The lowest BCUT2D eigenvalue weighted by molar-refractivity contribution is -0.163. The van der Waals surface area contributed by atoms with Gasteiger partial charge in [0.15, 0.2) is 17.6 Å². The first-order chi connectivity index (χ1) is 11.4. The van der Waals surface area contributed by atoms with Gasteiger partial charge >= 0.3 is 12.1 Å². The molecule has 4 nitrogen and oxygen atoms in total. The highest BCUT2D eigenvalue weighted by Gasteiger charge is 2.35. The average Bonchev–Trinajstić information content (AvgIpc) is 2.44. The molecule has 0 spiro atoms. The molecule has 25 heavy (non-hydrogen) atoms. The first-order valence-corrected chi connectivity index (χ1v) is 8.16. The van der Waals surface area contributed by atoms with E-state index in [9.17, 15) is 23.1 Å². The Morgan fingerprint density at radius 2 is 1.84 bits per heavy atom. The number of hydrogen-bond donors (Lipinski definition) is 1. The van der Waals surface area contributed by atoms with Crippen molar-refractivity contribution < 1.29 is 32.5 Å². The number of phenolic OH excluding ortho intramolecular Hbond substituents is 1. The van der Waals surface area contributed by atoms with Crippen molar-refractivity contribution in [3.05, 3.63) is 23.3 Å². The Balaban J connectivity index is 3.08. The van der Waals surface area contributed by atoms with Crippen LogP contribution in [0.1, 0.15) is 58.1 Å². The van der Waals surface area contributed by atoms with Gasteiger partial charge in [0.25, 0.3) is 0 Å². The molecule has 1 aromatic rings. The Bertz CT molecular complexity index is 604. The Labute approximate surface area is 145 Å². The number of carbonyl (C=O) groups is 1. The topological polar surface area (TPSA) is 55.8 Å². The third kappa shape index (κ3) is 6.14. The van der Waals surface area contributed by atoms with Crippen molar-refractivity contribution >= 4 is 5.97 Å². The molecule has 1 atom stereocenters. The summed E-state index contributed by atoms with van der Waals surface area (Å²) >= 11 is 0. The van der Waals surface area contributed by atoms with Crippen molar-refractivity contribution in [2.45, 2.75) is 71.8 Å². The van der Waals surface area contributed by atoms with Gasteiger partial charge in [-0.15, -0.1) is 0 Å². The SMILES string of the molecule is CCCCC(Oc1ccc(C(F)(F)F)c(C)c1O)C(=O)OC(C)(C)C. The zero-order chi connectivity index (χ0) is 19.4. The van der Waals surface area contributed by atoms with E-state index in [2.05, 4.69) is 0 Å². The maximum absolute atomic E-state index is 12.9. The van der Waals surface area contributed by atoms with Crippen LogP contribution in [0, 0.1) is 6.92 Å². The molecule has 0 aromatic heterocycles. The van der Waals surface area contributed by atoms with Crippen molar-refractivity contribution in [2.24, 2.45) is 0 Å². The summed E-state index contributed by atoms with van der Waals surface area (Å²) in [5, 5.41) is 10.1. The summed E-state index contributed by atoms with van der Waals surface area (Å²) in [5.41, 5.74) is -2.01. The zero-order valence-corrected chi connectivity index (χ0v) is 15.2. The number of rotatable bonds is 6. The standard InChI is InChI=1S/C18H25F3O4/c1-6-7-8-14(16(23)25-17(3,4)5)24-13-10-9-12(18(19,20)21)11(2)15(13)22/h9-10,14,22H,6-8H2,1-5H3. The Kier molecular flexibility index (Phi) is 6.74. The Hall–Kier alpha value is -1.92. The lowest BCUT2D eigenvalue weighted by Crippen LogP contribution is -2.35. The lowest BCUT2D eigenvalue weighted by Gasteiger charge is -2.25. The summed E-state index contributed by atoms with van der Waals surface area (Å²) in [7, 11) is 0. The minimum Gasteiger partial charge on any atom is -0.504 e. The predicted octanol–water partition coefficient (Wildman–Crippen LogP) is 5.00. The van der Waals surface area contributed by atoms with Gasteiger partial charge < -0.3 is 14.6 Å². The maximum Gasteiger partial charge on any atom is 0.416 e. The maximum atomic E-state index is 12.9. The number of unbranched alkanes of at least 4 members (excludes halogenated alkanes) is 1. The highest BCUT2D eigenvalue weighted by atomic mass is 19.4. The molecule has 1 aromatic carbocycles. The second-order valence-electron chi connectivity index (χ2n) is 6.86. The number of alkyl halides is 3. The van der Waals surface area contributed by atoms with Gasteiger partial charge in [-0.3, -0.25) is 0 Å². The normalized spacial score (nSPS) is 13.4. The van der Waals surface area contributed by atoms with Crippen LogP contribution in [0.25, 0.3) is 0 Å².